The van der Waals surface area contributed by atoms with Crippen LogP contribution in [-0.2, 0) is 17.8 Å². The summed E-state index contributed by atoms with van der Waals surface area (Å²) in [7, 11) is 0. The van der Waals surface area contributed by atoms with Crippen molar-refractivity contribution in [1.82, 2.24) is 4.90 Å². The highest BCUT2D eigenvalue weighted by Gasteiger charge is 2.40. The van der Waals surface area contributed by atoms with E-state index in [1.807, 2.05) is 30.3 Å². The second-order valence-corrected chi connectivity index (χ2v) is 11.3. The van der Waals surface area contributed by atoms with Crippen LogP contribution < -0.4 is 9.64 Å². The lowest BCUT2D eigenvalue weighted by Gasteiger charge is -2.41. The molecule has 5 rings (SSSR count). The first-order chi connectivity index (χ1) is 19.3. The highest BCUT2D eigenvalue weighted by Crippen LogP contribution is 2.40. The summed E-state index contributed by atoms with van der Waals surface area (Å²) in [4.78, 5) is 30.0. The number of ether oxygens (including phenoxy) is 1. The van der Waals surface area contributed by atoms with Crippen LogP contribution in [0.15, 0.2) is 66.7 Å². The molecule has 0 N–H and O–H groups in total. The summed E-state index contributed by atoms with van der Waals surface area (Å²) in [5.74, 6) is -0.199. The molecule has 6 nitrogen and oxygen atoms in total. The molecule has 0 spiro atoms. The van der Waals surface area contributed by atoms with Crippen LogP contribution in [0.5, 0.6) is 5.75 Å². The van der Waals surface area contributed by atoms with Crippen molar-refractivity contribution in [2.75, 3.05) is 29.9 Å². The first-order valence-electron chi connectivity index (χ1n) is 13.1. The van der Waals surface area contributed by atoms with Crippen molar-refractivity contribution in [1.29, 1.82) is 5.26 Å². The zero-order chi connectivity index (χ0) is 28.3. The molecule has 0 saturated carbocycles. The smallest absolute Gasteiger partial charge is 0.265 e. The molecule has 1 unspecified atom stereocenters. The lowest BCUT2D eigenvalue weighted by molar-refractivity contribution is -0.140. The number of anilines is 1. The van der Waals surface area contributed by atoms with Crippen molar-refractivity contribution in [3.8, 4) is 11.8 Å². The van der Waals surface area contributed by atoms with Crippen LogP contribution in [0.4, 0.5) is 10.1 Å². The van der Waals surface area contributed by atoms with E-state index in [1.165, 1.54) is 12.1 Å². The van der Waals surface area contributed by atoms with E-state index < -0.39 is 11.5 Å². The number of carbonyl (C=O) groups is 2. The van der Waals surface area contributed by atoms with Gasteiger partial charge in [0.15, 0.2) is 11.9 Å². The van der Waals surface area contributed by atoms with Crippen molar-refractivity contribution in [3.05, 3.63) is 94.3 Å². The second kappa shape index (κ2) is 12.0. The number of amides is 1. The van der Waals surface area contributed by atoms with Crippen molar-refractivity contribution < 1.29 is 18.7 Å². The number of ketones is 1. The molecular formula is C31H28BrClFN3O3. The quantitative estimate of drug-likeness (QED) is 0.231. The third kappa shape index (κ3) is 6.01. The van der Waals surface area contributed by atoms with Gasteiger partial charge in [-0.15, -0.1) is 0 Å². The SMILES string of the molecule is N#CC1(Cc2ccc(F)cc2)CCN(C(=O)C2CN(Cc3ccccc3)c3cc(Cl)c(C(=O)CBr)cc3O2)CC1. The molecule has 2 aliphatic heterocycles. The summed E-state index contributed by atoms with van der Waals surface area (Å²) in [6.07, 6.45) is 0.762. The molecule has 0 aliphatic carbocycles. The molecule has 2 heterocycles. The van der Waals surface area contributed by atoms with Crippen molar-refractivity contribution in [3.63, 3.8) is 0 Å². The first-order valence-corrected chi connectivity index (χ1v) is 14.6. The standard InChI is InChI=1S/C31H28BrClFN3O3/c32-17-27(38)24-14-28-26(15-25(24)33)37(18-22-4-2-1-3-5-22)19-29(40-28)30(39)36-12-10-31(20-35,11-13-36)16-21-6-8-23(34)9-7-21/h1-9,14-15,29H,10-13,16-19H2. The zero-order valence-corrected chi connectivity index (χ0v) is 24.1. The highest BCUT2D eigenvalue weighted by molar-refractivity contribution is 9.09. The number of carbonyl (C=O) groups excluding carboxylic acids is 2. The van der Waals surface area contributed by atoms with Crippen LogP contribution in [0.1, 0.15) is 34.3 Å². The molecule has 0 aromatic heterocycles. The molecule has 1 fully saturated rings. The normalized spacial score (nSPS) is 17.9. The number of nitriles is 1. The number of hydrogen-bond donors (Lipinski definition) is 0. The summed E-state index contributed by atoms with van der Waals surface area (Å²) in [6.45, 7) is 1.70. The van der Waals surface area contributed by atoms with Gasteiger partial charge in [-0.3, -0.25) is 9.59 Å². The number of nitrogens with zero attached hydrogens (tertiary/aromatic N) is 3. The van der Waals surface area contributed by atoms with Crippen molar-refractivity contribution in [2.45, 2.75) is 31.9 Å². The minimum atomic E-state index is -0.781. The molecule has 2 aliphatic rings. The Morgan fingerprint density at radius 2 is 1.77 bits per heavy atom. The predicted molar refractivity (Wildman–Crippen MR) is 155 cm³/mol. The molecule has 40 heavy (non-hydrogen) atoms. The Morgan fingerprint density at radius 1 is 1.07 bits per heavy atom. The Kier molecular flexibility index (Phi) is 8.43. The number of likely N-dealkylation sites (tertiary alicyclic amines) is 1. The van der Waals surface area contributed by atoms with Gasteiger partial charge in [-0.25, -0.2) is 4.39 Å². The topological polar surface area (TPSA) is 73.6 Å². The molecule has 1 amide bonds. The monoisotopic (exact) mass is 623 g/mol. The average molecular weight is 625 g/mol. The minimum absolute atomic E-state index is 0.119. The van der Waals surface area contributed by atoms with Crippen LogP contribution in [0.2, 0.25) is 5.02 Å². The Bertz CT molecular complexity index is 1440. The van der Waals surface area contributed by atoms with E-state index in [4.69, 9.17) is 16.3 Å². The van der Waals surface area contributed by atoms with Crippen LogP contribution in [0, 0.1) is 22.6 Å². The van der Waals surface area contributed by atoms with Crippen LogP contribution >= 0.6 is 27.5 Å². The van der Waals surface area contributed by atoms with Gasteiger partial charge in [-0.05, 0) is 54.7 Å². The highest BCUT2D eigenvalue weighted by atomic mass is 79.9. The molecule has 0 bridgehead atoms. The average Bonchev–Trinajstić information content (AvgIpc) is 2.98. The maximum absolute atomic E-state index is 13.7. The zero-order valence-electron chi connectivity index (χ0n) is 21.8. The molecular weight excluding hydrogens is 597 g/mol. The lowest BCUT2D eigenvalue weighted by atomic mass is 9.75. The second-order valence-electron chi connectivity index (χ2n) is 10.3. The molecule has 9 heteroatoms. The van der Waals surface area contributed by atoms with E-state index in [2.05, 4.69) is 26.9 Å². The third-order valence-electron chi connectivity index (χ3n) is 7.68. The summed E-state index contributed by atoms with van der Waals surface area (Å²) >= 11 is 9.69. The third-order valence-corrected chi connectivity index (χ3v) is 8.51. The molecule has 1 atom stereocenters. The fourth-order valence-corrected chi connectivity index (χ4v) is 5.99. The number of Topliss-reactive ketones (excluding diaryl/α,β-unsaturated/α-hetero) is 1. The maximum atomic E-state index is 13.7. The number of rotatable bonds is 7. The van der Waals surface area contributed by atoms with Gasteiger partial charge in [-0.1, -0.05) is 70.0 Å². The molecule has 3 aromatic carbocycles. The van der Waals surface area contributed by atoms with Gasteiger partial charge in [0.1, 0.15) is 11.6 Å². The Labute approximate surface area is 246 Å². The Balaban J connectivity index is 1.35. The number of alkyl halides is 1. The first kappa shape index (κ1) is 28.1. The van der Waals surface area contributed by atoms with E-state index in [-0.39, 0.29) is 22.8 Å². The number of piperidine rings is 1. The van der Waals surface area contributed by atoms with Gasteiger partial charge < -0.3 is 14.5 Å². The summed E-state index contributed by atoms with van der Waals surface area (Å²) < 4.78 is 19.6. The van der Waals surface area contributed by atoms with E-state index in [1.54, 1.807) is 29.2 Å². The van der Waals surface area contributed by atoms with Crippen molar-refractivity contribution >= 4 is 44.9 Å². The van der Waals surface area contributed by atoms with Crippen molar-refractivity contribution in [2.24, 2.45) is 5.41 Å². The molecule has 206 valence electrons. The van der Waals surface area contributed by atoms with Crippen LogP contribution in [0.25, 0.3) is 0 Å². The fourth-order valence-electron chi connectivity index (χ4n) is 5.42. The maximum Gasteiger partial charge on any atom is 0.265 e. The van der Waals surface area contributed by atoms with Gasteiger partial charge in [0.25, 0.3) is 5.91 Å². The fraction of sp³-hybridized carbons (Fsp3) is 0.323. The van der Waals surface area contributed by atoms with Gasteiger partial charge >= 0.3 is 0 Å². The van der Waals surface area contributed by atoms with Crippen LogP contribution in [-0.4, -0.2) is 47.7 Å². The predicted octanol–water partition coefficient (Wildman–Crippen LogP) is 6.20. The van der Waals surface area contributed by atoms with Gasteiger partial charge in [0.05, 0.1) is 34.1 Å². The summed E-state index contributed by atoms with van der Waals surface area (Å²) in [6, 6.07) is 22.0. The van der Waals surface area contributed by atoms with E-state index >= 15 is 0 Å². The van der Waals surface area contributed by atoms with E-state index in [9.17, 15) is 19.2 Å². The molecule has 1 saturated heterocycles. The summed E-state index contributed by atoms with van der Waals surface area (Å²) in [5.41, 5.74) is 2.42. The van der Waals surface area contributed by atoms with Gasteiger partial charge in [0.2, 0.25) is 0 Å². The van der Waals surface area contributed by atoms with E-state index in [0.717, 1.165) is 16.8 Å². The number of fused-ring (bicyclic) bond motifs is 1. The lowest BCUT2D eigenvalue weighted by Crippen LogP contribution is -2.53. The number of benzene rings is 3. The Hall–Kier alpha value is -3.41. The number of halogens is 3. The van der Waals surface area contributed by atoms with Gasteiger partial charge in [0, 0.05) is 25.2 Å². The van der Waals surface area contributed by atoms with E-state index in [0.29, 0.717) is 61.8 Å². The summed E-state index contributed by atoms with van der Waals surface area (Å²) in [5, 5.41) is 10.5. The number of hydrogen-bond acceptors (Lipinski definition) is 5. The van der Waals surface area contributed by atoms with Gasteiger partial charge in [-0.2, -0.15) is 5.26 Å². The minimum Gasteiger partial charge on any atom is -0.477 e. The Morgan fingerprint density at radius 3 is 2.42 bits per heavy atom. The molecule has 3 aromatic rings. The largest absolute Gasteiger partial charge is 0.477 e. The van der Waals surface area contributed by atoms with Crippen LogP contribution in [0.3, 0.4) is 0 Å². The molecule has 0 radical (unpaired) electrons.